The van der Waals surface area contributed by atoms with Gasteiger partial charge in [0.2, 0.25) is 0 Å². The lowest BCUT2D eigenvalue weighted by molar-refractivity contribution is -0.123. The molecule has 0 spiro atoms. The number of hydrogen-bond acceptors (Lipinski definition) is 4. The molecule has 0 aliphatic rings. The van der Waals surface area contributed by atoms with Crippen molar-refractivity contribution in [3.8, 4) is 0 Å². The fourth-order valence-corrected chi connectivity index (χ4v) is 2.08. The van der Waals surface area contributed by atoms with Gasteiger partial charge in [0, 0.05) is 22.6 Å². The minimum absolute atomic E-state index is 0.223. The fourth-order valence-electron chi connectivity index (χ4n) is 1.72. The van der Waals surface area contributed by atoms with Gasteiger partial charge in [0.15, 0.2) is 6.10 Å². The average molecular weight is 381 g/mol. The summed E-state index contributed by atoms with van der Waals surface area (Å²) in [6.45, 7) is 3.06. The molecule has 0 aliphatic heterocycles. The quantitative estimate of drug-likeness (QED) is 0.824. The van der Waals surface area contributed by atoms with E-state index < -0.39 is 23.8 Å². The highest BCUT2D eigenvalue weighted by molar-refractivity contribution is 9.10. The van der Waals surface area contributed by atoms with Crippen LogP contribution < -0.4 is 5.32 Å². The first-order valence-corrected chi connectivity index (χ1v) is 7.54. The third kappa shape index (κ3) is 4.59. The summed E-state index contributed by atoms with van der Waals surface area (Å²) in [4.78, 5) is 27.8. The van der Waals surface area contributed by atoms with E-state index in [2.05, 4.69) is 26.2 Å². The van der Waals surface area contributed by atoms with Crippen LogP contribution in [0.3, 0.4) is 0 Å². The number of anilines is 1. The monoisotopic (exact) mass is 380 g/mol. The van der Waals surface area contributed by atoms with E-state index in [0.29, 0.717) is 15.7 Å². The number of nitrogens with one attached hydrogen (secondary N) is 1. The Morgan fingerprint density at radius 3 is 2.70 bits per heavy atom. The molecule has 0 fully saturated rings. The number of aryl methyl sites for hydroxylation is 1. The summed E-state index contributed by atoms with van der Waals surface area (Å²) >= 11 is 3.20. The topological polar surface area (TPSA) is 68.3 Å². The molecule has 1 aromatic heterocycles. The number of nitrogens with zero attached hydrogens (tertiary/aromatic N) is 1. The summed E-state index contributed by atoms with van der Waals surface area (Å²) in [5, 5.41) is 2.50. The molecule has 0 bridgehead atoms. The average Bonchev–Trinajstić information content (AvgIpc) is 2.50. The molecule has 2 rings (SSSR count). The zero-order chi connectivity index (χ0) is 17.0. The number of carbonyl (C=O) groups excluding carboxylic acids is 2. The Kier molecular flexibility index (Phi) is 5.44. The maximum absolute atomic E-state index is 13.5. The highest BCUT2D eigenvalue weighted by Gasteiger charge is 2.19. The zero-order valence-corrected chi connectivity index (χ0v) is 14.1. The second-order valence-corrected chi connectivity index (χ2v) is 5.81. The second kappa shape index (κ2) is 7.32. The highest BCUT2D eigenvalue weighted by atomic mass is 79.9. The smallest absolute Gasteiger partial charge is 0.340 e. The van der Waals surface area contributed by atoms with Crippen LogP contribution in [0.4, 0.5) is 10.1 Å². The van der Waals surface area contributed by atoms with Gasteiger partial charge in [0.25, 0.3) is 5.91 Å². The van der Waals surface area contributed by atoms with Crippen molar-refractivity contribution in [3.63, 3.8) is 0 Å². The number of pyridine rings is 1. The molecule has 0 saturated heterocycles. The predicted octanol–water partition coefficient (Wildman–Crippen LogP) is 3.48. The third-order valence-corrected chi connectivity index (χ3v) is 3.47. The summed E-state index contributed by atoms with van der Waals surface area (Å²) in [6.07, 6.45) is 1.83. The van der Waals surface area contributed by atoms with E-state index in [1.807, 2.05) is 0 Å². The largest absolute Gasteiger partial charge is 0.449 e. The number of esters is 1. The molecule has 0 radical (unpaired) electrons. The number of rotatable bonds is 4. The molecule has 1 amide bonds. The Bertz CT molecular complexity index is 752. The lowest BCUT2D eigenvalue weighted by Crippen LogP contribution is -2.30. The first-order chi connectivity index (χ1) is 10.9. The molecule has 1 atom stereocenters. The standard InChI is InChI=1S/C16H14BrFN2O3/c1-9-3-4-13(6-14(9)18)20-15(21)10(2)23-16(22)11-5-12(17)8-19-7-11/h3-8,10H,1-2H3,(H,20,21)/t10-/m1/s1. The first-order valence-electron chi connectivity index (χ1n) is 6.75. The van der Waals surface area contributed by atoms with Crippen molar-refractivity contribution in [2.24, 2.45) is 0 Å². The number of amides is 1. The maximum atomic E-state index is 13.5. The van der Waals surface area contributed by atoms with Crippen LogP contribution in [-0.2, 0) is 9.53 Å². The molecule has 7 heteroatoms. The molecule has 120 valence electrons. The minimum Gasteiger partial charge on any atom is -0.449 e. The van der Waals surface area contributed by atoms with Crippen LogP contribution in [0.5, 0.6) is 0 Å². The molecule has 1 aromatic carbocycles. The van der Waals surface area contributed by atoms with Gasteiger partial charge in [0.1, 0.15) is 5.82 Å². The normalized spacial score (nSPS) is 11.7. The molecule has 0 unspecified atom stereocenters. The van der Waals surface area contributed by atoms with Crippen molar-refractivity contribution >= 4 is 33.5 Å². The van der Waals surface area contributed by atoms with Crippen LogP contribution >= 0.6 is 15.9 Å². The lowest BCUT2D eigenvalue weighted by atomic mass is 10.2. The molecular weight excluding hydrogens is 367 g/mol. The number of benzene rings is 1. The predicted molar refractivity (Wildman–Crippen MR) is 86.6 cm³/mol. The molecular formula is C16H14BrFN2O3. The molecule has 1 heterocycles. The van der Waals surface area contributed by atoms with Crippen molar-refractivity contribution in [3.05, 3.63) is 58.1 Å². The van der Waals surface area contributed by atoms with E-state index in [1.165, 1.54) is 31.5 Å². The van der Waals surface area contributed by atoms with E-state index in [0.717, 1.165) is 0 Å². The first kappa shape index (κ1) is 17.1. The number of carbonyl (C=O) groups is 2. The van der Waals surface area contributed by atoms with E-state index in [-0.39, 0.29) is 5.56 Å². The summed E-state index contributed by atoms with van der Waals surface area (Å²) in [5.74, 6) is -1.64. The third-order valence-electron chi connectivity index (χ3n) is 3.03. The Morgan fingerprint density at radius 2 is 2.04 bits per heavy atom. The molecule has 2 aromatic rings. The minimum atomic E-state index is -1.04. The maximum Gasteiger partial charge on any atom is 0.340 e. The number of ether oxygens (including phenoxy) is 1. The van der Waals surface area contributed by atoms with E-state index in [9.17, 15) is 14.0 Å². The Balaban J connectivity index is 1.99. The van der Waals surface area contributed by atoms with Gasteiger partial charge in [-0.25, -0.2) is 9.18 Å². The molecule has 5 nitrogen and oxygen atoms in total. The Hall–Kier alpha value is -2.28. The molecule has 0 saturated carbocycles. The van der Waals surface area contributed by atoms with Crippen molar-refractivity contribution in [1.29, 1.82) is 0 Å². The number of hydrogen-bond donors (Lipinski definition) is 1. The SMILES string of the molecule is Cc1ccc(NC(=O)[C@@H](C)OC(=O)c2cncc(Br)c2)cc1F. The van der Waals surface area contributed by atoms with Gasteiger partial charge in [-0.2, -0.15) is 0 Å². The van der Waals surface area contributed by atoms with E-state index >= 15 is 0 Å². The van der Waals surface area contributed by atoms with Crippen LogP contribution in [0.25, 0.3) is 0 Å². The molecule has 23 heavy (non-hydrogen) atoms. The number of aromatic nitrogens is 1. The van der Waals surface area contributed by atoms with Gasteiger partial charge < -0.3 is 10.1 Å². The summed E-state index contributed by atoms with van der Waals surface area (Å²) in [5.41, 5.74) is 0.996. The van der Waals surface area contributed by atoms with E-state index in [4.69, 9.17) is 4.74 Å². The zero-order valence-electron chi connectivity index (χ0n) is 12.5. The van der Waals surface area contributed by atoms with Gasteiger partial charge in [0.05, 0.1) is 5.56 Å². The van der Waals surface area contributed by atoms with Gasteiger partial charge in [-0.15, -0.1) is 0 Å². The number of halogens is 2. The van der Waals surface area contributed by atoms with Crippen LogP contribution in [0.1, 0.15) is 22.8 Å². The van der Waals surface area contributed by atoms with Crippen molar-refractivity contribution < 1.29 is 18.7 Å². The van der Waals surface area contributed by atoms with Crippen molar-refractivity contribution in [2.75, 3.05) is 5.32 Å². The summed E-state index contributed by atoms with van der Waals surface area (Å²) in [6, 6.07) is 5.87. The van der Waals surface area contributed by atoms with Crippen LogP contribution in [0.15, 0.2) is 41.1 Å². The van der Waals surface area contributed by atoms with Crippen molar-refractivity contribution in [2.45, 2.75) is 20.0 Å². The molecule has 0 aliphatic carbocycles. The van der Waals surface area contributed by atoms with Gasteiger partial charge >= 0.3 is 5.97 Å². The second-order valence-electron chi connectivity index (χ2n) is 4.89. The van der Waals surface area contributed by atoms with Gasteiger partial charge in [-0.1, -0.05) is 6.07 Å². The van der Waals surface area contributed by atoms with Gasteiger partial charge in [-0.3, -0.25) is 9.78 Å². The lowest BCUT2D eigenvalue weighted by Gasteiger charge is -2.14. The van der Waals surface area contributed by atoms with E-state index in [1.54, 1.807) is 19.1 Å². The van der Waals surface area contributed by atoms with Crippen molar-refractivity contribution in [1.82, 2.24) is 4.98 Å². The Labute approximate surface area is 141 Å². The van der Waals surface area contributed by atoms with Crippen LogP contribution in [0.2, 0.25) is 0 Å². The van der Waals surface area contributed by atoms with Crippen LogP contribution in [0, 0.1) is 12.7 Å². The fraction of sp³-hybridized carbons (Fsp3) is 0.188. The Morgan fingerprint density at radius 1 is 1.30 bits per heavy atom. The summed E-state index contributed by atoms with van der Waals surface area (Å²) in [7, 11) is 0. The van der Waals surface area contributed by atoms with Crippen LogP contribution in [-0.4, -0.2) is 23.0 Å². The van der Waals surface area contributed by atoms with Gasteiger partial charge in [-0.05, 0) is 53.5 Å². The summed E-state index contributed by atoms with van der Waals surface area (Å²) < 4.78 is 19.2. The highest BCUT2D eigenvalue weighted by Crippen LogP contribution is 2.15. The molecule has 1 N–H and O–H groups in total.